The molecule has 0 fully saturated rings. The third-order valence-electron chi connectivity index (χ3n) is 3.07. The van der Waals surface area contributed by atoms with E-state index in [0.717, 1.165) is 12.3 Å². The average molecular weight is 316 g/mol. The van der Waals surface area contributed by atoms with Crippen LogP contribution in [0.5, 0.6) is 0 Å². The van der Waals surface area contributed by atoms with E-state index in [1.165, 1.54) is 0 Å². The Morgan fingerprint density at radius 2 is 2.19 bits per heavy atom. The summed E-state index contributed by atoms with van der Waals surface area (Å²) in [6, 6.07) is -0.0245. The fraction of sp³-hybridized carbons (Fsp3) is 0.417. The van der Waals surface area contributed by atoms with Crippen molar-refractivity contribution in [3.63, 3.8) is 0 Å². The number of aromatic nitrogens is 1. The van der Waals surface area contributed by atoms with E-state index >= 15 is 0 Å². The molecule has 2 unspecified atom stereocenters. The number of pyridine rings is 1. The van der Waals surface area contributed by atoms with Crippen LogP contribution < -0.4 is 5.32 Å². The molecule has 2 N–H and O–H groups in total. The molecule has 2 atom stereocenters. The highest BCUT2D eigenvalue weighted by atomic mass is 35.5. The van der Waals surface area contributed by atoms with Crippen LogP contribution in [-0.4, -0.2) is 32.9 Å². The Morgan fingerprint density at radius 1 is 1.57 bits per heavy atom. The number of halogens is 1. The molecule has 1 amide bonds. The van der Waals surface area contributed by atoms with Crippen molar-refractivity contribution in [2.75, 3.05) is 0 Å². The van der Waals surface area contributed by atoms with Crippen molar-refractivity contribution in [1.29, 1.82) is 0 Å². The molecule has 21 heavy (non-hydrogen) atoms. The molecule has 0 bridgehead atoms. The maximum Gasteiger partial charge on any atom is 0.326 e. The number of nitrogens with one attached hydrogen (secondary N) is 1. The minimum atomic E-state index is -1.21. The molecule has 0 spiro atoms. The highest BCUT2D eigenvalue weighted by Gasteiger charge is 2.30. The van der Waals surface area contributed by atoms with Crippen molar-refractivity contribution in [3.05, 3.63) is 33.1 Å². The zero-order chi connectivity index (χ0) is 16.2. The number of hydrogen-bond donors (Lipinski definition) is 2. The topological polar surface area (TPSA) is 122 Å². The number of carbonyl (C=O) groups is 2. The molecular weight excluding hydrogens is 302 g/mol. The smallest absolute Gasteiger partial charge is 0.326 e. The lowest BCUT2D eigenvalue weighted by atomic mass is 9.99. The molecule has 0 aliphatic heterocycles. The van der Waals surface area contributed by atoms with Crippen molar-refractivity contribution in [2.24, 2.45) is 5.92 Å². The van der Waals surface area contributed by atoms with Crippen molar-refractivity contribution in [3.8, 4) is 0 Å². The van der Waals surface area contributed by atoms with Crippen LogP contribution in [0.2, 0.25) is 5.15 Å². The van der Waals surface area contributed by atoms with Crippen LogP contribution in [0.3, 0.4) is 0 Å². The van der Waals surface area contributed by atoms with Gasteiger partial charge in [-0.05, 0) is 12.0 Å². The van der Waals surface area contributed by atoms with Crippen LogP contribution in [0.4, 0.5) is 5.69 Å². The second kappa shape index (κ2) is 6.98. The summed E-state index contributed by atoms with van der Waals surface area (Å²) >= 11 is 5.61. The highest BCUT2D eigenvalue weighted by Crippen LogP contribution is 2.26. The van der Waals surface area contributed by atoms with Gasteiger partial charge in [-0.1, -0.05) is 31.9 Å². The number of carboxylic acid groups (broad SMARTS) is 1. The largest absolute Gasteiger partial charge is 0.480 e. The van der Waals surface area contributed by atoms with Crippen molar-refractivity contribution in [2.45, 2.75) is 26.3 Å². The molecule has 8 nitrogen and oxygen atoms in total. The number of nitrogens with zero attached hydrogens (tertiary/aromatic N) is 2. The van der Waals surface area contributed by atoms with E-state index in [0.29, 0.717) is 6.42 Å². The molecular formula is C12H14ClN3O5. The highest BCUT2D eigenvalue weighted by molar-refractivity contribution is 6.32. The quantitative estimate of drug-likeness (QED) is 0.469. The summed E-state index contributed by atoms with van der Waals surface area (Å²) in [5.74, 6) is -2.41. The van der Waals surface area contributed by atoms with Gasteiger partial charge in [0.1, 0.15) is 11.6 Å². The summed E-state index contributed by atoms with van der Waals surface area (Å²) in [6.45, 7) is 3.44. The minimum Gasteiger partial charge on any atom is -0.480 e. The number of nitro groups is 1. The Balaban J connectivity index is 3.12. The molecule has 1 aromatic rings. The summed E-state index contributed by atoms with van der Waals surface area (Å²) in [7, 11) is 0. The van der Waals surface area contributed by atoms with E-state index in [1.807, 2.05) is 0 Å². The molecule has 0 saturated carbocycles. The van der Waals surface area contributed by atoms with Crippen LogP contribution in [0.15, 0.2) is 12.3 Å². The van der Waals surface area contributed by atoms with Crippen molar-refractivity contribution < 1.29 is 19.6 Å². The van der Waals surface area contributed by atoms with Crippen LogP contribution >= 0.6 is 11.6 Å². The first-order valence-electron chi connectivity index (χ1n) is 6.12. The number of amides is 1. The van der Waals surface area contributed by atoms with Crippen LogP contribution in [0.25, 0.3) is 0 Å². The van der Waals surface area contributed by atoms with Crippen molar-refractivity contribution in [1.82, 2.24) is 10.3 Å². The molecule has 1 heterocycles. The lowest BCUT2D eigenvalue weighted by molar-refractivity contribution is -0.385. The Morgan fingerprint density at radius 3 is 2.67 bits per heavy atom. The van der Waals surface area contributed by atoms with E-state index in [4.69, 9.17) is 16.7 Å². The van der Waals surface area contributed by atoms with E-state index in [2.05, 4.69) is 10.3 Å². The lowest BCUT2D eigenvalue weighted by Gasteiger charge is -2.20. The standard InChI is InChI=1S/C12H14ClN3O5/c1-3-6(2)8(12(18)19)15-11(17)7-4-5-14-10(13)9(7)16(20)21/h4-6,8H,3H2,1-2H3,(H,15,17)(H,18,19). The van der Waals surface area contributed by atoms with Gasteiger partial charge in [-0.25, -0.2) is 9.78 Å². The maximum absolute atomic E-state index is 12.1. The third kappa shape index (κ3) is 3.88. The zero-order valence-corrected chi connectivity index (χ0v) is 12.1. The molecule has 0 radical (unpaired) electrons. The minimum absolute atomic E-state index is 0.324. The molecule has 0 saturated heterocycles. The average Bonchev–Trinajstić information content (AvgIpc) is 2.42. The molecule has 1 aromatic heterocycles. The molecule has 1 rings (SSSR count). The number of rotatable bonds is 6. The van der Waals surface area contributed by atoms with Gasteiger partial charge in [-0.2, -0.15) is 0 Å². The summed E-state index contributed by atoms with van der Waals surface area (Å²) in [5.41, 5.74) is -0.973. The third-order valence-corrected chi connectivity index (χ3v) is 3.35. The van der Waals surface area contributed by atoms with Gasteiger partial charge in [0, 0.05) is 6.20 Å². The Kier molecular flexibility index (Phi) is 5.60. The number of hydrogen-bond acceptors (Lipinski definition) is 5. The number of carbonyl (C=O) groups excluding carboxylic acids is 1. The van der Waals surface area contributed by atoms with Crippen LogP contribution in [0.1, 0.15) is 30.6 Å². The predicted molar refractivity (Wildman–Crippen MR) is 74.2 cm³/mol. The first-order chi connectivity index (χ1) is 9.79. The van der Waals surface area contributed by atoms with E-state index in [1.54, 1.807) is 13.8 Å². The Hall–Kier alpha value is -2.22. The summed E-state index contributed by atoms with van der Waals surface area (Å²) < 4.78 is 0. The van der Waals surface area contributed by atoms with Crippen molar-refractivity contribution >= 4 is 29.2 Å². The van der Waals surface area contributed by atoms with E-state index in [9.17, 15) is 19.7 Å². The maximum atomic E-state index is 12.1. The van der Waals surface area contributed by atoms with Gasteiger partial charge < -0.3 is 10.4 Å². The summed E-state index contributed by atoms with van der Waals surface area (Å²) in [5, 5.41) is 21.9. The van der Waals surface area contributed by atoms with Gasteiger partial charge >= 0.3 is 11.7 Å². The van der Waals surface area contributed by atoms with Gasteiger partial charge in [0.25, 0.3) is 5.91 Å². The van der Waals surface area contributed by atoms with Gasteiger partial charge in [-0.3, -0.25) is 14.9 Å². The lowest BCUT2D eigenvalue weighted by Crippen LogP contribution is -2.45. The van der Waals surface area contributed by atoms with Gasteiger partial charge in [0.15, 0.2) is 0 Å². The molecule has 114 valence electrons. The molecule has 0 aromatic carbocycles. The summed E-state index contributed by atoms with van der Waals surface area (Å²) in [6.07, 6.45) is 1.67. The van der Waals surface area contributed by atoms with Crippen LogP contribution in [0, 0.1) is 16.0 Å². The van der Waals surface area contributed by atoms with Crippen LogP contribution in [-0.2, 0) is 4.79 Å². The summed E-state index contributed by atoms with van der Waals surface area (Å²) in [4.78, 5) is 36.9. The second-order valence-corrected chi connectivity index (χ2v) is 4.79. The Labute approximate surface area is 125 Å². The fourth-order valence-corrected chi connectivity index (χ4v) is 1.91. The number of aliphatic carboxylic acids is 1. The van der Waals surface area contributed by atoms with Gasteiger partial charge in [0.05, 0.1) is 4.92 Å². The van der Waals surface area contributed by atoms with E-state index in [-0.39, 0.29) is 11.5 Å². The SMILES string of the molecule is CCC(C)C(NC(=O)c1ccnc(Cl)c1[N+](=O)[O-])C(=O)O. The molecule has 0 aliphatic rings. The first kappa shape index (κ1) is 16.8. The van der Waals surface area contributed by atoms with Gasteiger partial charge in [-0.15, -0.1) is 0 Å². The normalized spacial score (nSPS) is 13.3. The zero-order valence-electron chi connectivity index (χ0n) is 11.4. The second-order valence-electron chi connectivity index (χ2n) is 4.43. The van der Waals surface area contributed by atoms with Gasteiger partial charge in [0.2, 0.25) is 5.15 Å². The fourth-order valence-electron chi connectivity index (χ4n) is 1.69. The number of carboxylic acids is 1. The molecule has 0 aliphatic carbocycles. The monoisotopic (exact) mass is 315 g/mol. The Bertz CT molecular complexity index is 578. The predicted octanol–water partition coefficient (Wildman–Crippen LogP) is 1.87. The molecule has 9 heteroatoms. The first-order valence-corrected chi connectivity index (χ1v) is 6.49. The van der Waals surface area contributed by atoms with E-state index < -0.39 is 33.7 Å².